The first-order chi connectivity index (χ1) is 9.90. The molecule has 112 valence electrons. The maximum Gasteiger partial charge on any atom is 0.323 e. The standard InChI is InChI=1S/C16H21N3O2/c1-10-6-13-14(7-11(10)2)19(9-18-13)12-4-3-5-16(17,8-12)15(20)21/h6-7,9,12H,3-5,8,17H2,1-2H3,(H,20,21). The Kier molecular flexibility index (Phi) is 3.24. The molecule has 1 aromatic carbocycles. The summed E-state index contributed by atoms with van der Waals surface area (Å²) < 4.78 is 2.10. The van der Waals surface area contributed by atoms with Crippen LogP contribution in [0.3, 0.4) is 0 Å². The third-order valence-corrected chi connectivity index (χ3v) is 4.77. The lowest BCUT2D eigenvalue weighted by atomic mass is 9.79. The highest BCUT2D eigenvalue weighted by Gasteiger charge is 2.40. The highest BCUT2D eigenvalue weighted by Crippen LogP contribution is 2.36. The van der Waals surface area contributed by atoms with E-state index in [4.69, 9.17) is 5.73 Å². The number of nitrogens with two attached hydrogens (primary N) is 1. The lowest BCUT2D eigenvalue weighted by Gasteiger charge is -2.35. The molecule has 1 aliphatic rings. The second kappa shape index (κ2) is 4.84. The summed E-state index contributed by atoms with van der Waals surface area (Å²) in [6.45, 7) is 4.15. The first kappa shape index (κ1) is 14.1. The minimum atomic E-state index is -1.11. The molecular weight excluding hydrogens is 266 g/mol. The van der Waals surface area contributed by atoms with Crippen LogP contribution in [0.15, 0.2) is 18.5 Å². The molecule has 3 rings (SSSR count). The van der Waals surface area contributed by atoms with E-state index in [9.17, 15) is 9.90 Å². The van der Waals surface area contributed by atoms with Crippen LogP contribution in [-0.2, 0) is 4.79 Å². The van der Waals surface area contributed by atoms with Crippen LogP contribution < -0.4 is 5.73 Å². The number of rotatable bonds is 2. The fourth-order valence-corrected chi connectivity index (χ4v) is 3.28. The van der Waals surface area contributed by atoms with Gasteiger partial charge in [0.15, 0.2) is 0 Å². The molecule has 1 heterocycles. The van der Waals surface area contributed by atoms with Gasteiger partial charge in [-0.3, -0.25) is 4.79 Å². The van der Waals surface area contributed by atoms with Crippen molar-refractivity contribution in [3.8, 4) is 0 Å². The van der Waals surface area contributed by atoms with Gasteiger partial charge >= 0.3 is 5.97 Å². The summed E-state index contributed by atoms with van der Waals surface area (Å²) in [6.07, 6.45) is 4.61. The van der Waals surface area contributed by atoms with Crippen molar-refractivity contribution < 1.29 is 9.90 Å². The fourth-order valence-electron chi connectivity index (χ4n) is 3.28. The number of aliphatic carboxylic acids is 1. The number of imidazole rings is 1. The zero-order chi connectivity index (χ0) is 15.2. The third-order valence-electron chi connectivity index (χ3n) is 4.77. The molecule has 0 radical (unpaired) electrons. The normalized spacial score (nSPS) is 26.1. The Hall–Kier alpha value is -1.88. The smallest absolute Gasteiger partial charge is 0.323 e. The van der Waals surface area contributed by atoms with Gasteiger partial charge in [-0.15, -0.1) is 0 Å². The second-order valence-corrected chi connectivity index (χ2v) is 6.29. The van der Waals surface area contributed by atoms with Crippen molar-refractivity contribution in [2.24, 2.45) is 5.73 Å². The molecule has 0 spiro atoms. The van der Waals surface area contributed by atoms with Crippen molar-refractivity contribution in [3.63, 3.8) is 0 Å². The Morgan fingerprint density at radius 3 is 2.86 bits per heavy atom. The number of aryl methyl sites for hydroxylation is 2. The first-order valence-electron chi connectivity index (χ1n) is 7.37. The quantitative estimate of drug-likeness (QED) is 0.889. The number of carboxylic acid groups (broad SMARTS) is 1. The van der Waals surface area contributed by atoms with Gasteiger partial charge in [-0.05, 0) is 62.8 Å². The number of hydrogen-bond acceptors (Lipinski definition) is 3. The highest BCUT2D eigenvalue weighted by molar-refractivity contribution is 5.79. The summed E-state index contributed by atoms with van der Waals surface area (Å²) in [7, 11) is 0. The summed E-state index contributed by atoms with van der Waals surface area (Å²) in [5.74, 6) is -0.899. The van der Waals surface area contributed by atoms with E-state index in [0.717, 1.165) is 23.9 Å². The van der Waals surface area contributed by atoms with Crippen LogP contribution >= 0.6 is 0 Å². The number of aromatic nitrogens is 2. The fraction of sp³-hybridized carbons (Fsp3) is 0.500. The van der Waals surface area contributed by atoms with E-state index in [1.54, 1.807) is 0 Å². The van der Waals surface area contributed by atoms with Crippen molar-refractivity contribution in [1.82, 2.24) is 9.55 Å². The summed E-state index contributed by atoms with van der Waals surface area (Å²) in [6, 6.07) is 4.31. The molecule has 21 heavy (non-hydrogen) atoms. The number of carboxylic acids is 1. The molecule has 1 fully saturated rings. The van der Waals surface area contributed by atoms with Gasteiger partial charge in [-0.1, -0.05) is 0 Å². The Labute approximate surface area is 123 Å². The molecule has 0 amide bonds. The van der Waals surface area contributed by atoms with Crippen molar-refractivity contribution >= 4 is 17.0 Å². The first-order valence-corrected chi connectivity index (χ1v) is 7.37. The summed E-state index contributed by atoms with van der Waals surface area (Å²) >= 11 is 0. The van der Waals surface area contributed by atoms with Crippen LogP contribution in [0.4, 0.5) is 0 Å². The Morgan fingerprint density at radius 1 is 1.43 bits per heavy atom. The molecule has 0 bridgehead atoms. The molecule has 2 unspecified atom stereocenters. The highest BCUT2D eigenvalue weighted by atomic mass is 16.4. The van der Waals surface area contributed by atoms with E-state index in [-0.39, 0.29) is 6.04 Å². The molecule has 1 saturated carbocycles. The van der Waals surface area contributed by atoms with E-state index < -0.39 is 11.5 Å². The number of nitrogens with zero attached hydrogens (tertiary/aromatic N) is 2. The van der Waals surface area contributed by atoms with E-state index in [1.807, 2.05) is 6.33 Å². The lowest BCUT2D eigenvalue weighted by Crippen LogP contribution is -2.51. The average molecular weight is 287 g/mol. The van der Waals surface area contributed by atoms with Crippen molar-refractivity contribution in [2.45, 2.75) is 51.1 Å². The summed E-state index contributed by atoms with van der Waals surface area (Å²) in [5.41, 5.74) is 9.42. The molecule has 0 saturated heterocycles. The van der Waals surface area contributed by atoms with Gasteiger partial charge in [0, 0.05) is 6.04 Å². The van der Waals surface area contributed by atoms with Crippen molar-refractivity contribution in [2.75, 3.05) is 0 Å². The largest absolute Gasteiger partial charge is 0.480 e. The predicted octanol–water partition coefficient (Wildman–Crippen LogP) is 2.55. The summed E-state index contributed by atoms with van der Waals surface area (Å²) in [4.78, 5) is 15.9. The molecule has 1 aliphatic carbocycles. The van der Waals surface area contributed by atoms with Gasteiger partial charge < -0.3 is 15.4 Å². The average Bonchev–Trinajstić information content (AvgIpc) is 2.82. The van der Waals surface area contributed by atoms with Crippen molar-refractivity contribution in [3.05, 3.63) is 29.6 Å². The van der Waals surface area contributed by atoms with E-state index in [2.05, 4.69) is 35.5 Å². The van der Waals surface area contributed by atoms with Crippen LogP contribution in [0.2, 0.25) is 0 Å². The van der Waals surface area contributed by atoms with Crippen molar-refractivity contribution in [1.29, 1.82) is 0 Å². The van der Waals surface area contributed by atoms with Gasteiger partial charge in [0.05, 0.1) is 17.4 Å². The van der Waals surface area contributed by atoms with Crippen LogP contribution in [-0.4, -0.2) is 26.2 Å². The molecular formula is C16H21N3O2. The maximum atomic E-state index is 11.4. The number of hydrogen-bond donors (Lipinski definition) is 2. The van der Waals surface area contributed by atoms with Crippen LogP contribution in [0, 0.1) is 13.8 Å². The summed E-state index contributed by atoms with van der Waals surface area (Å²) in [5, 5.41) is 9.36. The SMILES string of the molecule is Cc1cc2ncn(C3CCCC(N)(C(=O)O)C3)c2cc1C. The van der Waals surface area contributed by atoms with Gasteiger partial charge in [-0.2, -0.15) is 0 Å². The minimum Gasteiger partial charge on any atom is -0.480 e. The van der Waals surface area contributed by atoms with Gasteiger partial charge in [0.2, 0.25) is 0 Å². The minimum absolute atomic E-state index is 0.104. The molecule has 2 atom stereocenters. The monoisotopic (exact) mass is 287 g/mol. The zero-order valence-corrected chi connectivity index (χ0v) is 12.5. The molecule has 3 N–H and O–H groups in total. The molecule has 1 aromatic heterocycles. The van der Waals surface area contributed by atoms with Crippen LogP contribution in [0.5, 0.6) is 0 Å². The zero-order valence-electron chi connectivity index (χ0n) is 12.5. The van der Waals surface area contributed by atoms with Crippen LogP contribution in [0.1, 0.15) is 42.9 Å². The topological polar surface area (TPSA) is 81.1 Å². The molecule has 5 nitrogen and oxygen atoms in total. The van der Waals surface area contributed by atoms with Gasteiger partial charge in [0.1, 0.15) is 5.54 Å². The third kappa shape index (κ3) is 2.31. The molecule has 5 heteroatoms. The molecule has 2 aromatic rings. The number of fused-ring (bicyclic) bond motifs is 1. The number of carbonyl (C=O) groups is 1. The Morgan fingerprint density at radius 2 is 2.14 bits per heavy atom. The Balaban J connectivity index is 2.00. The van der Waals surface area contributed by atoms with E-state index in [1.165, 1.54) is 11.1 Å². The van der Waals surface area contributed by atoms with Gasteiger partial charge in [-0.25, -0.2) is 4.98 Å². The van der Waals surface area contributed by atoms with E-state index >= 15 is 0 Å². The maximum absolute atomic E-state index is 11.4. The number of benzene rings is 1. The molecule has 0 aliphatic heterocycles. The lowest BCUT2D eigenvalue weighted by molar-refractivity contribution is -0.145. The second-order valence-electron chi connectivity index (χ2n) is 6.29. The Bertz CT molecular complexity index is 707. The van der Waals surface area contributed by atoms with E-state index in [0.29, 0.717) is 12.8 Å². The predicted molar refractivity (Wildman–Crippen MR) is 81.3 cm³/mol. The van der Waals surface area contributed by atoms with Crippen LogP contribution in [0.25, 0.3) is 11.0 Å². The van der Waals surface area contributed by atoms with Gasteiger partial charge in [0.25, 0.3) is 0 Å².